The molecule has 2 heterocycles. The molecule has 1 N–H and O–H groups in total. The van der Waals surface area contributed by atoms with Gasteiger partial charge in [-0.2, -0.15) is 0 Å². The Morgan fingerprint density at radius 1 is 1.16 bits per heavy atom. The normalized spacial score (nSPS) is 20.7. The van der Waals surface area contributed by atoms with Gasteiger partial charge in [0, 0.05) is 37.7 Å². The molecule has 1 unspecified atom stereocenters. The lowest BCUT2D eigenvalue weighted by molar-refractivity contribution is 0.0179. The summed E-state index contributed by atoms with van der Waals surface area (Å²) in [6, 6.07) is 8.46. The molecule has 6 heteroatoms. The second-order valence-electron chi connectivity index (χ2n) is 6.60. The van der Waals surface area contributed by atoms with Crippen LogP contribution in [-0.4, -0.2) is 68.2 Å². The predicted molar refractivity (Wildman–Crippen MR) is 103 cm³/mol. The minimum atomic E-state index is 0.262. The smallest absolute Gasteiger partial charge is 0.193 e. The van der Waals surface area contributed by atoms with Crippen LogP contribution < -0.4 is 5.32 Å². The summed E-state index contributed by atoms with van der Waals surface area (Å²) in [5.41, 5.74) is 1.27. The Balaban J connectivity index is 1.77. The van der Waals surface area contributed by atoms with Gasteiger partial charge in [0.1, 0.15) is 0 Å². The molecule has 0 bridgehead atoms. The van der Waals surface area contributed by atoms with Crippen LogP contribution in [0.3, 0.4) is 0 Å². The first-order valence-electron chi connectivity index (χ1n) is 9.38. The number of ether oxygens (including phenoxy) is 1. The summed E-state index contributed by atoms with van der Waals surface area (Å²) in [5.74, 6) is 1.05. The molecular weight excluding hydrogens is 336 g/mol. The Bertz CT molecular complexity index is 551. The Morgan fingerprint density at radius 2 is 1.84 bits per heavy atom. The van der Waals surface area contributed by atoms with Crippen LogP contribution >= 0.6 is 11.6 Å². The fourth-order valence-corrected chi connectivity index (χ4v) is 3.66. The van der Waals surface area contributed by atoms with E-state index >= 15 is 0 Å². The third kappa shape index (κ3) is 5.09. The van der Waals surface area contributed by atoms with Crippen molar-refractivity contribution in [3.63, 3.8) is 0 Å². The van der Waals surface area contributed by atoms with Crippen molar-refractivity contribution < 1.29 is 4.74 Å². The molecule has 0 radical (unpaired) electrons. The van der Waals surface area contributed by atoms with Crippen LogP contribution in [-0.2, 0) is 4.74 Å². The van der Waals surface area contributed by atoms with Crippen LogP contribution in [0.25, 0.3) is 0 Å². The van der Waals surface area contributed by atoms with Crippen molar-refractivity contribution >= 4 is 17.6 Å². The third-order valence-corrected chi connectivity index (χ3v) is 5.15. The van der Waals surface area contributed by atoms with Gasteiger partial charge in [-0.25, -0.2) is 0 Å². The zero-order chi connectivity index (χ0) is 17.5. The summed E-state index contributed by atoms with van der Waals surface area (Å²) in [5, 5.41) is 4.23. The summed E-state index contributed by atoms with van der Waals surface area (Å²) in [6.45, 7) is 9.47. The minimum absolute atomic E-state index is 0.262. The average Bonchev–Trinajstić information content (AvgIpc) is 3.18. The highest BCUT2D eigenvalue weighted by molar-refractivity contribution is 6.30. The second-order valence-corrected chi connectivity index (χ2v) is 7.04. The Kier molecular flexibility index (Phi) is 6.96. The molecular formula is C19H29ClN4O. The second kappa shape index (κ2) is 9.41. The number of nitrogens with zero attached hydrogens (tertiary/aromatic N) is 3. The lowest BCUT2D eigenvalue weighted by atomic mass is 10.0. The van der Waals surface area contributed by atoms with Crippen LogP contribution in [0.1, 0.15) is 31.4 Å². The number of likely N-dealkylation sites (tertiary alicyclic amines) is 1. The molecule has 0 aliphatic carbocycles. The zero-order valence-corrected chi connectivity index (χ0v) is 15.8. The van der Waals surface area contributed by atoms with E-state index in [4.69, 9.17) is 21.3 Å². The molecule has 25 heavy (non-hydrogen) atoms. The number of halogens is 1. The van der Waals surface area contributed by atoms with Crippen molar-refractivity contribution in [2.24, 2.45) is 4.99 Å². The summed E-state index contributed by atoms with van der Waals surface area (Å²) in [4.78, 5) is 9.84. The van der Waals surface area contributed by atoms with Crippen LogP contribution in [0.15, 0.2) is 29.3 Å². The van der Waals surface area contributed by atoms with E-state index < -0.39 is 0 Å². The minimum Gasteiger partial charge on any atom is -0.379 e. The molecule has 1 atom stereocenters. The topological polar surface area (TPSA) is 40.1 Å². The lowest BCUT2D eigenvalue weighted by Gasteiger charge is -2.34. The first-order valence-corrected chi connectivity index (χ1v) is 9.76. The molecule has 2 aliphatic heterocycles. The molecule has 1 aromatic carbocycles. The van der Waals surface area contributed by atoms with Gasteiger partial charge in [0.2, 0.25) is 0 Å². The molecule has 0 spiro atoms. The molecule has 2 aliphatic rings. The monoisotopic (exact) mass is 364 g/mol. The number of rotatable bonds is 5. The van der Waals surface area contributed by atoms with E-state index in [2.05, 4.69) is 34.2 Å². The average molecular weight is 365 g/mol. The van der Waals surface area contributed by atoms with Gasteiger partial charge < -0.3 is 15.0 Å². The zero-order valence-electron chi connectivity index (χ0n) is 15.1. The van der Waals surface area contributed by atoms with E-state index in [1.54, 1.807) is 0 Å². The van der Waals surface area contributed by atoms with Gasteiger partial charge in [-0.3, -0.25) is 9.89 Å². The molecule has 3 rings (SSSR count). The maximum absolute atomic E-state index is 6.08. The van der Waals surface area contributed by atoms with Crippen LogP contribution in [0.5, 0.6) is 0 Å². The number of benzene rings is 1. The SMILES string of the molecule is CCNC(=NCC(c1ccc(Cl)cc1)N1CCOCC1)N1CCCC1. The van der Waals surface area contributed by atoms with Crippen LogP contribution in [0.4, 0.5) is 0 Å². The Labute approximate surface area is 156 Å². The Hall–Kier alpha value is -1.30. The van der Waals surface area contributed by atoms with E-state index in [1.807, 2.05) is 12.1 Å². The molecule has 0 saturated carbocycles. The van der Waals surface area contributed by atoms with E-state index in [9.17, 15) is 0 Å². The third-order valence-electron chi connectivity index (χ3n) is 4.90. The first kappa shape index (κ1) is 18.5. The molecule has 2 fully saturated rings. The van der Waals surface area contributed by atoms with Gasteiger partial charge in [-0.15, -0.1) is 0 Å². The first-order chi connectivity index (χ1) is 12.3. The van der Waals surface area contributed by atoms with E-state index in [0.717, 1.165) is 63.5 Å². The number of aliphatic imine (C=N–C) groups is 1. The number of nitrogens with one attached hydrogen (secondary N) is 1. The summed E-state index contributed by atoms with van der Waals surface area (Å²) in [6.07, 6.45) is 2.52. The standard InChI is InChI=1S/C19H29ClN4O/c1-2-21-19(24-9-3-4-10-24)22-15-18(23-11-13-25-14-12-23)16-5-7-17(20)8-6-16/h5-8,18H,2-4,9-15H2,1H3,(H,21,22). The maximum atomic E-state index is 6.08. The van der Waals surface area contributed by atoms with Crippen molar-refractivity contribution in [3.8, 4) is 0 Å². The Morgan fingerprint density at radius 3 is 2.48 bits per heavy atom. The molecule has 2 saturated heterocycles. The molecule has 1 aromatic rings. The quantitative estimate of drug-likeness (QED) is 0.644. The summed E-state index contributed by atoms with van der Waals surface area (Å²) < 4.78 is 5.53. The number of guanidine groups is 1. The van der Waals surface area contributed by atoms with Gasteiger partial charge in [0.15, 0.2) is 5.96 Å². The van der Waals surface area contributed by atoms with Crippen molar-refractivity contribution in [1.29, 1.82) is 0 Å². The van der Waals surface area contributed by atoms with Crippen LogP contribution in [0.2, 0.25) is 5.02 Å². The summed E-state index contributed by atoms with van der Waals surface area (Å²) in [7, 11) is 0. The highest BCUT2D eigenvalue weighted by Crippen LogP contribution is 2.24. The molecule has 0 amide bonds. The molecule has 5 nitrogen and oxygen atoms in total. The van der Waals surface area contributed by atoms with Crippen molar-refractivity contribution in [1.82, 2.24) is 15.1 Å². The van der Waals surface area contributed by atoms with Gasteiger partial charge in [-0.1, -0.05) is 23.7 Å². The lowest BCUT2D eigenvalue weighted by Crippen LogP contribution is -2.42. The van der Waals surface area contributed by atoms with Crippen molar-refractivity contribution in [2.45, 2.75) is 25.8 Å². The molecule has 0 aromatic heterocycles. The summed E-state index contributed by atoms with van der Waals surface area (Å²) >= 11 is 6.08. The van der Waals surface area contributed by atoms with Crippen molar-refractivity contribution in [2.75, 3.05) is 52.5 Å². The fraction of sp³-hybridized carbons (Fsp3) is 0.632. The number of hydrogen-bond donors (Lipinski definition) is 1. The van der Waals surface area contributed by atoms with Gasteiger partial charge in [-0.05, 0) is 37.5 Å². The van der Waals surface area contributed by atoms with E-state index in [0.29, 0.717) is 0 Å². The van der Waals surface area contributed by atoms with E-state index in [-0.39, 0.29) is 6.04 Å². The van der Waals surface area contributed by atoms with Crippen LogP contribution in [0, 0.1) is 0 Å². The van der Waals surface area contributed by atoms with E-state index in [1.165, 1.54) is 18.4 Å². The highest BCUT2D eigenvalue weighted by Gasteiger charge is 2.23. The van der Waals surface area contributed by atoms with Gasteiger partial charge >= 0.3 is 0 Å². The predicted octanol–water partition coefficient (Wildman–Crippen LogP) is 2.77. The number of hydrogen-bond acceptors (Lipinski definition) is 3. The fourth-order valence-electron chi connectivity index (χ4n) is 3.53. The molecule has 138 valence electrons. The van der Waals surface area contributed by atoms with Crippen molar-refractivity contribution in [3.05, 3.63) is 34.9 Å². The highest BCUT2D eigenvalue weighted by atomic mass is 35.5. The number of morpholine rings is 1. The van der Waals surface area contributed by atoms with Gasteiger partial charge in [0.05, 0.1) is 25.8 Å². The maximum Gasteiger partial charge on any atom is 0.193 e. The van der Waals surface area contributed by atoms with Gasteiger partial charge in [0.25, 0.3) is 0 Å². The largest absolute Gasteiger partial charge is 0.379 e.